The van der Waals surface area contributed by atoms with E-state index in [9.17, 15) is 9.90 Å². The zero-order chi connectivity index (χ0) is 11.3. The second-order valence-corrected chi connectivity index (χ2v) is 3.91. The highest BCUT2D eigenvalue weighted by atomic mass is 79.9. The van der Waals surface area contributed by atoms with Gasteiger partial charge in [0.1, 0.15) is 5.60 Å². The standard InChI is InChI=1S/C12H11BrO2/c1-12(15,9-13)11(14)8-7-10-5-3-2-4-6-10/h2-6,15H,9H2,1H3. The lowest BCUT2D eigenvalue weighted by atomic mass is 10.0. The Hall–Kier alpha value is -1.11. The number of benzene rings is 1. The van der Waals surface area contributed by atoms with Crippen LogP contribution in [-0.2, 0) is 4.79 Å². The minimum absolute atomic E-state index is 0.183. The molecule has 1 rings (SSSR count). The lowest BCUT2D eigenvalue weighted by molar-refractivity contribution is -0.127. The Morgan fingerprint density at radius 1 is 1.47 bits per heavy atom. The molecule has 0 aliphatic rings. The lowest BCUT2D eigenvalue weighted by Gasteiger charge is -2.13. The average molecular weight is 267 g/mol. The molecule has 0 bridgehead atoms. The number of Topliss-reactive ketones (excluding diaryl/α,β-unsaturated/α-hetero) is 1. The molecular formula is C12H11BrO2. The fourth-order valence-corrected chi connectivity index (χ4v) is 1.10. The van der Waals surface area contributed by atoms with E-state index in [0.29, 0.717) is 0 Å². The molecule has 0 spiro atoms. The van der Waals surface area contributed by atoms with Gasteiger partial charge in [-0.15, -0.1) is 0 Å². The number of carbonyl (C=O) groups is 1. The molecule has 15 heavy (non-hydrogen) atoms. The van der Waals surface area contributed by atoms with Crippen LogP contribution in [0.5, 0.6) is 0 Å². The fraction of sp³-hybridized carbons (Fsp3) is 0.250. The van der Waals surface area contributed by atoms with Crippen LogP contribution >= 0.6 is 15.9 Å². The highest BCUT2D eigenvalue weighted by molar-refractivity contribution is 9.09. The van der Waals surface area contributed by atoms with Crippen LogP contribution in [0.25, 0.3) is 0 Å². The van der Waals surface area contributed by atoms with Gasteiger partial charge in [0.25, 0.3) is 0 Å². The molecule has 0 aliphatic carbocycles. The summed E-state index contributed by atoms with van der Waals surface area (Å²) in [5.74, 6) is 4.64. The monoisotopic (exact) mass is 266 g/mol. The summed E-state index contributed by atoms with van der Waals surface area (Å²) in [5.41, 5.74) is -0.655. The van der Waals surface area contributed by atoms with E-state index >= 15 is 0 Å². The molecule has 1 aromatic rings. The van der Waals surface area contributed by atoms with Crippen molar-refractivity contribution in [3.63, 3.8) is 0 Å². The number of rotatable bonds is 2. The van der Waals surface area contributed by atoms with Gasteiger partial charge >= 0.3 is 0 Å². The second kappa shape index (κ2) is 5.11. The third-order valence-electron chi connectivity index (χ3n) is 1.84. The summed E-state index contributed by atoms with van der Waals surface area (Å²) in [6, 6.07) is 9.18. The SMILES string of the molecule is CC(O)(CBr)C(=O)C#Cc1ccccc1. The van der Waals surface area contributed by atoms with Gasteiger partial charge in [-0.3, -0.25) is 4.79 Å². The molecule has 3 heteroatoms. The highest BCUT2D eigenvalue weighted by Crippen LogP contribution is 2.08. The lowest BCUT2D eigenvalue weighted by Crippen LogP contribution is -2.35. The molecule has 78 valence electrons. The molecular weight excluding hydrogens is 256 g/mol. The van der Waals surface area contributed by atoms with Gasteiger partial charge in [0.15, 0.2) is 0 Å². The highest BCUT2D eigenvalue weighted by Gasteiger charge is 2.26. The molecule has 0 saturated heterocycles. The van der Waals surface area contributed by atoms with Crippen LogP contribution in [0, 0.1) is 11.8 Å². The van der Waals surface area contributed by atoms with E-state index < -0.39 is 11.4 Å². The molecule has 0 saturated carbocycles. The molecule has 1 atom stereocenters. The largest absolute Gasteiger partial charge is 0.380 e. The molecule has 0 fully saturated rings. The van der Waals surface area contributed by atoms with Crippen molar-refractivity contribution in [2.75, 3.05) is 5.33 Å². The maximum atomic E-state index is 11.4. The van der Waals surface area contributed by atoms with Crippen LogP contribution in [0.15, 0.2) is 30.3 Å². The van der Waals surface area contributed by atoms with Crippen molar-refractivity contribution in [1.29, 1.82) is 0 Å². The molecule has 1 unspecified atom stereocenters. The van der Waals surface area contributed by atoms with Crippen LogP contribution in [0.1, 0.15) is 12.5 Å². The molecule has 0 amide bonds. The topological polar surface area (TPSA) is 37.3 Å². The van der Waals surface area contributed by atoms with Crippen LogP contribution < -0.4 is 0 Å². The Labute approximate surface area is 97.4 Å². The summed E-state index contributed by atoms with van der Waals surface area (Å²) in [4.78, 5) is 11.4. The maximum absolute atomic E-state index is 11.4. The molecule has 2 nitrogen and oxygen atoms in total. The first-order valence-corrected chi connectivity index (χ1v) is 5.58. The first kappa shape index (κ1) is 12.0. The van der Waals surface area contributed by atoms with Crippen LogP contribution in [0.4, 0.5) is 0 Å². The van der Waals surface area contributed by atoms with Gasteiger partial charge in [0.2, 0.25) is 5.78 Å². The Kier molecular flexibility index (Phi) is 4.07. The molecule has 1 aromatic carbocycles. The summed E-state index contributed by atoms with van der Waals surface area (Å²) in [6.45, 7) is 1.43. The Morgan fingerprint density at radius 2 is 2.07 bits per heavy atom. The van der Waals surface area contributed by atoms with E-state index in [2.05, 4.69) is 27.8 Å². The summed E-state index contributed by atoms with van der Waals surface area (Å²) >= 11 is 3.06. The molecule has 0 aliphatic heterocycles. The van der Waals surface area contributed by atoms with E-state index in [1.165, 1.54) is 6.92 Å². The fourth-order valence-electron chi connectivity index (χ4n) is 0.846. The van der Waals surface area contributed by atoms with E-state index in [4.69, 9.17) is 0 Å². The second-order valence-electron chi connectivity index (χ2n) is 3.35. The Morgan fingerprint density at radius 3 is 2.60 bits per heavy atom. The Bertz CT molecular complexity index is 399. The van der Waals surface area contributed by atoms with Crippen molar-refractivity contribution in [3.05, 3.63) is 35.9 Å². The first-order chi connectivity index (χ1) is 7.06. The predicted octanol–water partition coefficient (Wildman–Crippen LogP) is 1.75. The number of alkyl halides is 1. The van der Waals surface area contributed by atoms with Gasteiger partial charge in [-0.1, -0.05) is 40.0 Å². The maximum Gasteiger partial charge on any atom is 0.237 e. The average Bonchev–Trinajstić information content (AvgIpc) is 2.27. The molecule has 0 radical (unpaired) electrons. The van der Waals surface area contributed by atoms with Crippen molar-refractivity contribution >= 4 is 21.7 Å². The smallest absolute Gasteiger partial charge is 0.237 e. The summed E-state index contributed by atoms with van der Waals surface area (Å²) in [6.07, 6.45) is 0. The van der Waals surface area contributed by atoms with Gasteiger partial charge in [-0.2, -0.15) is 0 Å². The van der Waals surface area contributed by atoms with E-state index in [0.717, 1.165) is 5.56 Å². The summed E-state index contributed by atoms with van der Waals surface area (Å²) < 4.78 is 0. The van der Waals surface area contributed by atoms with Gasteiger partial charge in [0, 0.05) is 10.9 Å². The third-order valence-corrected chi connectivity index (χ3v) is 2.94. The van der Waals surface area contributed by atoms with E-state index in [1.54, 1.807) is 0 Å². The zero-order valence-corrected chi connectivity index (χ0v) is 9.91. The van der Waals surface area contributed by atoms with E-state index in [1.807, 2.05) is 30.3 Å². The first-order valence-electron chi connectivity index (χ1n) is 4.46. The van der Waals surface area contributed by atoms with Crippen molar-refractivity contribution in [1.82, 2.24) is 0 Å². The Balaban J connectivity index is 2.80. The quantitative estimate of drug-likeness (QED) is 0.654. The van der Waals surface area contributed by atoms with Crippen LogP contribution in [0.2, 0.25) is 0 Å². The molecule has 1 N–H and O–H groups in total. The van der Waals surface area contributed by atoms with Crippen LogP contribution in [0.3, 0.4) is 0 Å². The number of aliphatic hydroxyl groups is 1. The van der Waals surface area contributed by atoms with Gasteiger partial charge in [0.05, 0.1) is 0 Å². The van der Waals surface area contributed by atoms with Crippen molar-refractivity contribution < 1.29 is 9.90 Å². The number of ketones is 1. The summed E-state index contributed by atoms with van der Waals surface area (Å²) in [7, 11) is 0. The van der Waals surface area contributed by atoms with Crippen molar-refractivity contribution in [2.24, 2.45) is 0 Å². The number of hydrogen-bond acceptors (Lipinski definition) is 2. The minimum atomic E-state index is -1.41. The number of hydrogen-bond donors (Lipinski definition) is 1. The number of halogens is 1. The van der Waals surface area contributed by atoms with Gasteiger partial charge < -0.3 is 5.11 Å². The van der Waals surface area contributed by atoms with E-state index in [-0.39, 0.29) is 5.33 Å². The predicted molar refractivity (Wildman–Crippen MR) is 62.7 cm³/mol. The normalized spacial score (nSPS) is 13.5. The third kappa shape index (κ3) is 3.50. The van der Waals surface area contributed by atoms with Crippen molar-refractivity contribution in [3.8, 4) is 11.8 Å². The summed E-state index contributed by atoms with van der Waals surface area (Å²) in [5, 5.41) is 9.75. The van der Waals surface area contributed by atoms with Gasteiger partial charge in [-0.25, -0.2) is 0 Å². The molecule has 0 heterocycles. The minimum Gasteiger partial charge on any atom is -0.380 e. The van der Waals surface area contributed by atoms with Crippen LogP contribution in [-0.4, -0.2) is 21.8 Å². The zero-order valence-electron chi connectivity index (χ0n) is 8.33. The van der Waals surface area contributed by atoms with Crippen molar-refractivity contribution in [2.45, 2.75) is 12.5 Å². The van der Waals surface area contributed by atoms with Gasteiger partial charge in [-0.05, 0) is 25.0 Å². The molecule has 0 aromatic heterocycles. The number of carbonyl (C=O) groups excluding carboxylic acids is 1.